The lowest BCUT2D eigenvalue weighted by Crippen LogP contribution is -2.32. The number of alkyl halides is 2. The number of rotatable bonds is 9. The molecule has 3 atom stereocenters. The molecule has 0 aliphatic heterocycles. The molecule has 1 aliphatic rings. The van der Waals surface area contributed by atoms with Gasteiger partial charge in [0.15, 0.2) is 0 Å². The van der Waals surface area contributed by atoms with Gasteiger partial charge in [-0.05, 0) is 45.1 Å². The molecule has 0 saturated carbocycles. The number of hydrogen-bond donors (Lipinski definition) is 4. The first kappa shape index (κ1) is 32.0. The molecule has 1 aliphatic carbocycles. The van der Waals surface area contributed by atoms with Crippen molar-refractivity contribution in [3.05, 3.63) is 77.3 Å². The third kappa shape index (κ3) is 7.35. The van der Waals surface area contributed by atoms with Gasteiger partial charge in [0.25, 0.3) is 5.97 Å². The topological polar surface area (TPSA) is 154 Å². The van der Waals surface area contributed by atoms with Crippen LogP contribution in [0.3, 0.4) is 0 Å². The standard InChI is InChI=1S/C24H20F3N5O2.C5H12O4/c1-31(2)19-7-16(21-13(11-33)4-3-5-20(21)34-24(26)27)22-18-8-17(14-6-15(25)10-28-9-14)29-12-32(18)30-23(19)22;1-2-4(6)3-5(7,8)9/h3-6,8-12,16,19,24H,7H2,1-2H3;4,6-9H,2-3H2,1H3. The number of fused-ring (bicyclic) bond motifs is 3. The van der Waals surface area contributed by atoms with Gasteiger partial charge in [-0.3, -0.25) is 9.78 Å². The van der Waals surface area contributed by atoms with Crippen LogP contribution in [-0.4, -0.2) is 84.0 Å². The van der Waals surface area contributed by atoms with Gasteiger partial charge in [-0.1, -0.05) is 19.1 Å². The highest BCUT2D eigenvalue weighted by atomic mass is 19.3. The van der Waals surface area contributed by atoms with E-state index in [0.29, 0.717) is 41.5 Å². The average Bonchev–Trinajstić information content (AvgIpc) is 3.49. The van der Waals surface area contributed by atoms with Gasteiger partial charge < -0.3 is 30.1 Å². The Morgan fingerprint density at radius 2 is 1.93 bits per heavy atom. The van der Waals surface area contributed by atoms with Crippen LogP contribution in [-0.2, 0) is 0 Å². The van der Waals surface area contributed by atoms with E-state index in [-0.39, 0.29) is 17.4 Å². The molecule has 11 nitrogen and oxygen atoms in total. The first-order chi connectivity index (χ1) is 20.3. The van der Waals surface area contributed by atoms with Crippen molar-refractivity contribution in [2.24, 2.45) is 0 Å². The van der Waals surface area contributed by atoms with Crippen LogP contribution in [0.5, 0.6) is 5.75 Å². The number of aliphatic hydroxyl groups is 4. The molecule has 3 heterocycles. The quantitative estimate of drug-likeness (QED) is 0.166. The van der Waals surface area contributed by atoms with Crippen molar-refractivity contribution < 1.29 is 43.1 Å². The van der Waals surface area contributed by atoms with E-state index in [1.165, 1.54) is 30.7 Å². The van der Waals surface area contributed by atoms with E-state index in [1.54, 1.807) is 23.6 Å². The zero-order valence-electron chi connectivity index (χ0n) is 23.6. The summed E-state index contributed by atoms with van der Waals surface area (Å²) >= 11 is 0. The van der Waals surface area contributed by atoms with Gasteiger partial charge in [0.05, 0.1) is 41.7 Å². The highest BCUT2D eigenvalue weighted by molar-refractivity contribution is 5.81. The summed E-state index contributed by atoms with van der Waals surface area (Å²) in [7, 11) is 3.82. The molecule has 43 heavy (non-hydrogen) atoms. The summed E-state index contributed by atoms with van der Waals surface area (Å²) in [5.74, 6) is -3.69. The van der Waals surface area contributed by atoms with Gasteiger partial charge in [0, 0.05) is 34.4 Å². The maximum atomic E-state index is 13.8. The minimum absolute atomic E-state index is 0.0436. The predicted molar refractivity (Wildman–Crippen MR) is 148 cm³/mol. The van der Waals surface area contributed by atoms with E-state index in [9.17, 15) is 18.0 Å². The highest BCUT2D eigenvalue weighted by Gasteiger charge is 2.40. The maximum Gasteiger partial charge on any atom is 0.387 e. The van der Waals surface area contributed by atoms with E-state index in [2.05, 4.69) is 9.97 Å². The molecule has 14 heteroatoms. The van der Waals surface area contributed by atoms with Crippen molar-refractivity contribution >= 4 is 11.8 Å². The molecule has 0 saturated heterocycles. The summed E-state index contributed by atoms with van der Waals surface area (Å²) in [6.07, 6.45) is 4.42. The van der Waals surface area contributed by atoms with Gasteiger partial charge >= 0.3 is 6.61 Å². The summed E-state index contributed by atoms with van der Waals surface area (Å²) < 4.78 is 46.6. The molecular weight excluding hydrogens is 571 g/mol. The summed E-state index contributed by atoms with van der Waals surface area (Å²) in [5.41, 5.74) is 3.88. The summed E-state index contributed by atoms with van der Waals surface area (Å²) in [6.45, 7) is -1.36. The fraction of sp³-hybridized carbons (Fsp3) is 0.379. The number of halogens is 3. The third-order valence-corrected chi connectivity index (χ3v) is 7.11. The summed E-state index contributed by atoms with van der Waals surface area (Å²) in [6, 6.07) is 7.51. The second-order valence-corrected chi connectivity index (χ2v) is 10.4. The predicted octanol–water partition coefficient (Wildman–Crippen LogP) is 3.26. The fourth-order valence-electron chi connectivity index (χ4n) is 5.17. The number of aliphatic hydroxyl groups excluding tert-OH is 1. The lowest BCUT2D eigenvalue weighted by atomic mass is 9.88. The Balaban J connectivity index is 0.000000410. The number of aromatic nitrogens is 4. The number of benzene rings is 1. The van der Waals surface area contributed by atoms with E-state index in [1.807, 2.05) is 19.0 Å². The number of carbonyl (C=O) groups is 1. The van der Waals surface area contributed by atoms with Crippen LogP contribution in [0.1, 0.15) is 65.3 Å². The molecule has 0 fully saturated rings. The number of hydrogen-bond acceptors (Lipinski definition) is 10. The fourth-order valence-corrected chi connectivity index (χ4v) is 5.17. The molecule has 1 aromatic carbocycles. The molecular formula is C29H32F3N5O6. The SMILES string of the molecule is CCC(O)CC(O)(O)O.CN(C)C1CC(c2c(C=O)cccc2OC(F)F)c2c1nn1cnc(-c3cncc(F)c3)cc21. The van der Waals surface area contributed by atoms with Crippen LogP contribution in [0, 0.1) is 5.82 Å². The minimum atomic E-state index is -3.04. The zero-order valence-corrected chi connectivity index (χ0v) is 23.6. The van der Waals surface area contributed by atoms with Crippen molar-refractivity contribution in [3.8, 4) is 17.0 Å². The third-order valence-electron chi connectivity index (χ3n) is 7.11. The van der Waals surface area contributed by atoms with E-state index in [4.69, 9.17) is 30.3 Å². The van der Waals surface area contributed by atoms with Crippen LogP contribution < -0.4 is 4.74 Å². The zero-order chi connectivity index (χ0) is 31.5. The van der Waals surface area contributed by atoms with Crippen LogP contribution >= 0.6 is 0 Å². The summed E-state index contributed by atoms with van der Waals surface area (Å²) in [4.78, 5) is 22.2. The second kappa shape index (κ2) is 13.1. The first-order valence-electron chi connectivity index (χ1n) is 13.4. The van der Waals surface area contributed by atoms with Gasteiger partial charge in [0.2, 0.25) is 0 Å². The van der Waals surface area contributed by atoms with Crippen LogP contribution in [0.25, 0.3) is 16.8 Å². The number of ether oxygens (including phenoxy) is 1. The van der Waals surface area contributed by atoms with Gasteiger partial charge in [-0.15, -0.1) is 0 Å². The smallest absolute Gasteiger partial charge is 0.387 e. The Morgan fingerprint density at radius 1 is 1.19 bits per heavy atom. The Kier molecular flexibility index (Phi) is 9.77. The molecule has 0 spiro atoms. The largest absolute Gasteiger partial charge is 0.434 e. The molecule has 4 aromatic rings. The molecule has 3 aromatic heterocycles. The average molecular weight is 604 g/mol. The minimum Gasteiger partial charge on any atom is -0.434 e. The molecule has 0 amide bonds. The van der Waals surface area contributed by atoms with Crippen molar-refractivity contribution in [2.75, 3.05) is 14.1 Å². The molecule has 0 bridgehead atoms. The number of carbonyl (C=O) groups excluding carboxylic acids is 1. The molecule has 5 rings (SSSR count). The Bertz CT molecular complexity index is 1580. The first-order valence-corrected chi connectivity index (χ1v) is 13.4. The molecule has 4 N–H and O–H groups in total. The van der Waals surface area contributed by atoms with Crippen LogP contribution in [0.2, 0.25) is 0 Å². The Labute approximate surface area is 244 Å². The molecule has 230 valence electrons. The number of aldehydes is 1. The van der Waals surface area contributed by atoms with Gasteiger partial charge in [-0.2, -0.15) is 13.9 Å². The lowest BCUT2D eigenvalue weighted by Gasteiger charge is -2.22. The highest BCUT2D eigenvalue weighted by Crippen LogP contribution is 2.50. The van der Waals surface area contributed by atoms with Crippen LogP contribution in [0.15, 0.2) is 49.1 Å². The Hall–Kier alpha value is -3.95. The summed E-state index contributed by atoms with van der Waals surface area (Å²) in [5, 5.41) is 38.2. The van der Waals surface area contributed by atoms with E-state index in [0.717, 1.165) is 17.5 Å². The van der Waals surface area contributed by atoms with Gasteiger partial charge in [0.1, 0.15) is 24.2 Å². The number of nitrogens with zero attached hydrogens (tertiary/aromatic N) is 5. The monoisotopic (exact) mass is 603 g/mol. The van der Waals surface area contributed by atoms with Gasteiger partial charge in [-0.25, -0.2) is 13.9 Å². The Morgan fingerprint density at radius 3 is 2.51 bits per heavy atom. The van der Waals surface area contributed by atoms with E-state index < -0.39 is 36.8 Å². The normalized spacial score (nSPS) is 17.1. The number of pyridine rings is 1. The van der Waals surface area contributed by atoms with E-state index >= 15 is 0 Å². The molecule has 0 radical (unpaired) electrons. The van der Waals surface area contributed by atoms with Crippen molar-refractivity contribution in [3.63, 3.8) is 0 Å². The maximum absolute atomic E-state index is 13.8. The van der Waals surface area contributed by atoms with Crippen molar-refractivity contribution in [1.29, 1.82) is 0 Å². The molecule has 3 unspecified atom stereocenters. The van der Waals surface area contributed by atoms with Crippen LogP contribution in [0.4, 0.5) is 13.2 Å². The van der Waals surface area contributed by atoms with Crippen molar-refractivity contribution in [1.82, 2.24) is 24.5 Å². The second-order valence-electron chi connectivity index (χ2n) is 10.4. The van der Waals surface area contributed by atoms with Crippen molar-refractivity contribution in [2.45, 2.75) is 56.8 Å². The lowest BCUT2D eigenvalue weighted by molar-refractivity contribution is -0.322.